The van der Waals surface area contributed by atoms with Gasteiger partial charge in [-0.1, -0.05) is 12.1 Å². The molecule has 3 rings (SSSR count). The predicted molar refractivity (Wildman–Crippen MR) is 96.0 cm³/mol. The van der Waals surface area contributed by atoms with Crippen molar-refractivity contribution in [3.05, 3.63) is 29.8 Å². The van der Waals surface area contributed by atoms with Crippen LogP contribution in [0.5, 0.6) is 0 Å². The van der Waals surface area contributed by atoms with Gasteiger partial charge < -0.3 is 10.1 Å². The van der Waals surface area contributed by atoms with Gasteiger partial charge in [-0.05, 0) is 24.1 Å². The lowest BCUT2D eigenvalue weighted by Gasteiger charge is -2.32. The highest BCUT2D eigenvalue weighted by atomic mass is 35.5. The van der Waals surface area contributed by atoms with Gasteiger partial charge in [0.25, 0.3) is 0 Å². The van der Waals surface area contributed by atoms with Crippen LogP contribution in [0.15, 0.2) is 29.2 Å². The van der Waals surface area contributed by atoms with Crippen molar-refractivity contribution in [2.45, 2.75) is 24.0 Å². The Morgan fingerprint density at radius 2 is 1.83 bits per heavy atom. The molecule has 136 valence electrons. The second-order valence-corrected chi connectivity index (χ2v) is 8.11. The van der Waals surface area contributed by atoms with E-state index in [0.717, 1.165) is 38.2 Å². The number of ether oxygens (including phenoxy) is 1. The van der Waals surface area contributed by atoms with Crippen LogP contribution in [0.3, 0.4) is 0 Å². The molecule has 1 N–H and O–H groups in total. The molecule has 1 atom stereocenters. The summed E-state index contributed by atoms with van der Waals surface area (Å²) in [5.41, 5.74) is 0.978. The minimum atomic E-state index is -3.39. The highest BCUT2D eigenvalue weighted by molar-refractivity contribution is 7.89. The first-order valence-corrected chi connectivity index (χ1v) is 9.58. The summed E-state index contributed by atoms with van der Waals surface area (Å²) in [6.07, 6.45) is 0.918. The van der Waals surface area contributed by atoms with E-state index >= 15 is 0 Å². The molecule has 2 fully saturated rings. The molecule has 1 aromatic rings. The molecular weight excluding hydrogens is 350 g/mol. The number of hydrogen-bond acceptors (Lipinski definition) is 5. The quantitative estimate of drug-likeness (QED) is 0.829. The zero-order chi connectivity index (χ0) is 16.3. The molecule has 0 spiro atoms. The van der Waals surface area contributed by atoms with Gasteiger partial charge in [-0.25, -0.2) is 8.42 Å². The van der Waals surface area contributed by atoms with Crippen LogP contribution in [0.4, 0.5) is 0 Å². The molecular formula is C16H26ClN3O3S. The van der Waals surface area contributed by atoms with Crippen molar-refractivity contribution in [3.8, 4) is 0 Å². The van der Waals surface area contributed by atoms with E-state index in [1.165, 1.54) is 0 Å². The van der Waals surface area contributed by atoms with Crippen molar-refractivity contribution in [1.82, 2.24) is 14.5 Å². The van der Waals surface area contributed by atoms with Crippen molar-refractivity contribution in [1.29, 1.82) is 0 Å². The van der Waals surface area contributed by atoms with Crippen molar-refractivity contribution in [2.24, 2.45) is 0 Å². The van der Waals surface area contributed by atoms with Crippen LogP contribution in [0, 0.1) is 0 Å². The summed E-state index contributed by atoms with van der Waals surface area (Å²) in [5, 5.41) is 3.34. The molecule has 1 aromatic carbocycles. The summed E-state index contributed by atoms with van der Waals surface area (Å²) in [6, 6.07) is 7.35. The number of nitrogens with one attached hydrogen (secondary N) is 1. The van der Waals surface area contributed by atoms with Crippen molar-refractivity contribution < 1.29 is 13.2 Å². The molecule has 0 saturated carbocycles. The molecule has 24 heavy (non-hydrogen) atoms. The minimum Gasteiger partial charge on any atom is -0.380 e. The molecule has 2 aliphatic rings. The summed E-state index contributed by atoms with van der Waals surface area (Å²) in [6.45, 7) is 5.69. The first kappa shape index (κ1) is 19.6. The highest BCUT2D eigenvalue weighted by Crippen LogP contribution is 2.24. The van der Waals surface area contributed by atoms with Gasteiger partial charge in [0.05, 0.1) is 11.5 Å². The van der Waals surface area contributed by atoms with Crippen LogP contribution in [-0.2, 0) is 21.4 Å². The van der Waals surface area contributed by atoms with E-state index in [2.05, 4.69) is 10.2 Å². The number of methoxy groups -OCH3 is 1. The fraction of sp³-hybridized carbons (Fsp3) is 0.625. The Morgan fingerprint density at radius 1 is 1.17 bits per heavy atom. The number of halogens is 1. The number of nitrogens with zero attached hydrogens (tertiary/aromatic N) is 2. The van der Waals surface area contributed by atoms with Gasteiger partial charge >= 0.3 is 0 Å². The molecule has 0 amide bonds. The molecule has 2 heterocycles. The van der Waals surface area contributed by atoms with E-state index in [1.54, 1.807) is 23.5 Å². The fourth-order valence-electron chi connectivity index (χ4n) is 3.35. The first-order chi connectivity index (χ1) is 11.1. The lowest BCUT2D eigenvalue weighted by atomic mass is 10.2. The predicted octanol–water partition coefficient (Wildman–Crippen LogP) is 0.923. The topological polar surface area (TPSA) is 61.9 Å². The standard InChI is InChI=1S/C16H25N3O3S.ClH/c1-22-13-14-2-4-16(5-3-14)23(20,21)19-9-6-15(12-19)18-10-7-17-8-11-18;/h2-5,15,17H,6-13H2,1H3;1H. The van der Waals surface area contributed by atoms with Crippen LogP contribution in [0.2, 0.25) is 0 Å². The maximum atomic E-state index is 12.8. The third-order valence-electron chi connectivity index (χ3n) is 4.67. The van der Waals surface area contributed by atoms with Crippen LogP contribution in [0.1, 0.15) is 12.0 Å². The Bertz CT molecular complexity index is 618. The van der Waals surface area contributed by atoms with Gasteiger partial charge in [0, 0.05) is 52.4 Å². The molecule has 8 heteroatoms. The number of rotatable bonds is 5. The number of benzene rings is 1. The Labute approximate surface area is 150 Å². The number of sulfonamides is 1. The summed E-state index contributed by atoms with van der Waals surface area (Å²) < 4.78 is 32.3. The molecule has 0 aromatic heterocycles. The molecule has 0 radical (unpaired) electrons. The molecule has 2 saturated heterocycles. The normalized spacial score (nSPS) is 23.1. The van der Waals surface area contributed by atoms with Gasteiger partial charge in [0.2, 0.25) is 10.0 Å². The Balaban J connectivity index is 0.00000208. The van der Waals surface area contributed by atoms with Gasteiger partial charge in [-0.15, -0.1) is 12.4 Å². The van der Waals surface area contributed by atoms with E-state index in [0.29, 0.717) is 30.6 Å². The fourth-order valence-corrected chi connectivity index (χ4v) is 4.84. The number of piperazine rings is 1. The molecule has 2 aliphatic heterocycles. The van der Waals surface area contributed by atoms with E-state index in [-0.39, 0.29) is 12.4 Å². The van der Waals surface area contributed by atoms with Crippen molar-refractivity contribution >= 4 is 22.4 Å². The Hall–Kier alpha value is -0.700. The highest BCUT2D eigenvalue weighted by Gasteiger charge is 2.35. The van der Waals surface area contributed by atoms with Crippen molar-refractivity contribution in [2.75, 3.05) is 46.4 Å². The Kier molecular flexibility index (Phi) is 7.03. The average Bonchev–Trinajstić information content (AvgIpc) is 3.07. The second-order valence-electron chi connectivity index (χ2n) is 6.17. The molecule has 1 unspecified atom stereocenters. The average molecular weight is 376 g/mol. The van der Waals surface area contributed by atoms with Crippen LogP contribution in [0.25, 0.3) is 0 Å². The maximum absolute atomic E-state index is 12.8. The first-order valence-electron chi connectivity index (χ1n) is 8.14. The van der Waals surface area contributed by atoms with E-state index in [1.807, 2.05) is 12.1 Å². The van der Waals surface area contributed by atoms with E-state index in [9.17, 15) is 8.42 Å². The monoisotopic (exact) mass is 375 g/mol. The van der Waals surface area contributed by atoms with Crippen LogP contribution in [-0.4, -0.2) is 70.0 Å². The maximum Gasteiger partial charge on any atom is 0.243 e. The zero-order valence-corrected chi connectivity index (χ0v) is 15.6. The smallest absolute Gasteiger partial charge is 0.243 e. The summed E-state index contributed by atoms with van der Waals surface area (Å²) in [4.78, 5) is 2.78. The zero-order valence-electron chi connectivity index (χ0n) is 14.0. The summed E-state index contributed by atoms with van der Waals surface area (Å²) >= 11 is 0. The van der Waals surface area contributed by atoms with E-state index < -0.39 is 10.0 Å². The second kappa shape index (κ2) is 8.60. The lowest BCUT2D eigenvalue weighted by Crippen LogP contribution is -2.49. The van der Waals surface area contributed by atoms with Crippen LogP contribution < -0.4 is 5.32 Å². The third-order valence-corrected chi connectivity index (χ3v) is 6.55. The summed E-state index contributed by atoms with van der Waals surface area (Å²) in [7, 11) is -1.76. The van der Waals surface area contributed by atoms with Gasteiger partial charge in [-0.3, -0.25) is 4.90 Å². The molecule has 6 nitrogen and oxygen atoms in total. The molecule has 0 aliphatic carbocycles. The van der Waals surface area contributed by atoms with Crippen molar-refractivity contribution in [3.63, 3.8) is 0 Å². The van der Waals surface area contributed by atoms with Crippen LogP contribution >= 0.6 is 12.4 Å². The van der Waals surface area contributed by atoms with Gasteiger partial charge in [0.15, 0.2) is 0 Å². The third kappa shape index (κ3) is 4.28. The summed E-state index contributed by atoms with van der Waals surface area (Å²) in [5.74, 6) is 0. The van der Waals surface area contributed by atoms with E-state index in [4.69, 9.17) is 4.74 Å². The minimum absolute atomic E-state index is 0. The SMILES string of the molecule is COCc1ccc(S(=O)(=O)N2CCC(N3CCNCC3)C2)cc1.Cl. The van der Waals surface area contributed by atoms with Gasteiger partial charge in [0.1, 0.15) is 0 Å². The lowest BCUT2D eigenvalue weighted by molar-refractivity contribution is 0.179. The number of hydrogen-bond donors (Lipinski definition) is 1. The van der Waals surface area contributed by atoms with Gasteiger partial charge in [-0.2, -0.15) is 4.31 Å². The molecule has 0 bridgehead atoms. The largest absolute Gasteiger partial charge is 0.380 e. The Morgan fingerprint density at radius 3 is 2.46 bits per heavy atom.